The maximum atomic E-state index is 6.61. The molecule has 0 bridgehead atoms. The van der Waals surface area contributed by atoms with Crippen molar-refractivity contribution in [3.05, 3.63) is 112 Å². The van der Waals surface area contributed by atoms with E-state index in [1.165, 1.54) is 6.33 Å². The molecule has 0 aliphatic carbocycles. The Balaban J connectivity index is 1.50. The smallest absolute Gasteiger partial charge is 0.235 e. The minimum absolute atomic E-state index is 0.391. The summed E-state index contributed by atoms with van der Waals surface area (Å²) in [4.78, 5) is 8.16. The number of hydrogen-bond donors (Lipinski definition) is 1. The van der Waals surface area contributed by atoms with E-state index in [1.807, 2.05) is 59.6 Å². The molecule has 152 valence electrons. The highest BCUT2D eigenvalue weighted by Gasteiger charge is 2.27. The van der Waals surface area contributed by atoms with Gasteiger partial charge in [-0.1, -0.05) is 54.6 Å². The number of benzene rings is 3. The molecule has 5 rings (SSSR count). The van der Waals surface area contributed by atoms with Crippen LogP contribution in [0.4, 0.5) is 5.69 Å². The standard InChI is InChI=1S/C24H18IN5O/c25-21-14-27-15-28-24(21)31-18-12-10-17(11-13-18)30-23(26)20-9-5-4-8-19(20)22(29-30)16-6-2-1-3-7-16/h1-15,23H,26H2. The van der Waals surface area contributed by atoms with Gasteiger partial charge in [-0.05, 0) is 46.9 Å². The first-order valence-electron chi connectivity index (χ1n) is 9.72. The number of ether oxygens (including phenoxy) is 1. The van der Waals surface area contributed by atoms with Crippen LogP contribution in [-0.2, 0) is 0 Å². The Morgan fingerprint density at radius 3 is 2.42 bits per heavy atom. The van der Waals surface area contributed by atoms with E-state index in [0.29, 0.717) is 11.6 Å². The predicted octanol–water partition coefficient (Wildman–Crippen LogP) is 5.10. The zero-order valence-electron chi connectivity index (χ0n) is 16.4. The van der Waals surface area contributed by atoms with Crippen molar-refractivity contribution in [1.29, 1.82) is 0 Å². The highest BCUT2D eigenvalue weighted by atomic mass is 127. The van der Waals surface area contributed by atoms with Gasteiger partial charge in [0.2, 0.25) is 5.88 Å². The zero-order valence-corrected chi connectivity index (χ0v) is 18.5. The Morgan fingerprint density at radius 1 is 0.903 bits per heavy atom. The summed E-state index contributed by atoms with van der Waals surface area (Å²) >= 11 is 2.15. The van der Waals surface area contributed by atoms with E-state index in [0.717, 1.165) is 31.7 Å². The normalized spacial score (nSPS) is 15.2. The Hall–Kier alpha value is -3.30. The molecule has 0 amide bonds. The van der Waals surface area contributed by atoms with E-state index in [9.17, 15) is 0 Å². The molecule has 1 aromatic heterocycles. The number of halogens is 1. The summed E-state index contributed by atoms with van der Waals surface area (Å²) in [5.74, 6) is 1.20. The average Bonchev–Trinajstić information content (AvgIpc) is 2.82. The Labute approximate surface area is 193 Å². The quantitative estimate of drug-likeness (QED) is 0.380. The van der Waals surface area contributed by atoms with Gasteiger partial charge in [-0.25, -0.2) is 15.0 Å². The highest BCUT2D eigenvalue weighted by Crippen LogP contribution is 2.34. The summed E-state index contributed by atoms with van der Waals surface area (Å²) in [5.41, 5.74) is 11.5. The van der Waals surface area contributed by atoms with Crippen LogP contribution in [0.1, 0.15) is 22.9 Å². The molecule has 0 fully saturated rings. The maximum absolute atomic E-state index is 6.61. The van der Waals surface area contributed by atoms with E-state index in [2.05, 4.69) is 56.8 Å². The van der Waals surface area contributed by atoms with Crippen LogP contribution in [0, 0.1) is 3.57 Å². The van der Waals surface area contributed by atoms with Crippen molar-refractivity contribution in [3.63, 3.8) is 0 Å². The van der Waals surface area contributed by atoms with Crippen LogP contribution in [0.5, 0.6) is 11.6 Å². The second kappa shape index (κ2) is 8.44. The molecule has 2 heterocycles. The first-order valence-corrected chi connectivity index (χ1v) is 10.8. The number of hydrogen-bond acceptors (Lipinski definition) is 6. The Kier molecular flexibility index (Phi) is 5.35. The number of hydrazone groups is 1. The summed E-state index contributed by atoms with van der Waals surface area (Å²) in [7, 11) is 0. The van der Waals surface area contributed by atoms with Crippen molar-refractivity contribution in [2.24, 2.45) is 10.8 Å². The third kappa shape index (κ3) is 3.89. The average molecular weight is 519 g/mol. The van der Waals surface area contributed by atoms with Crippen LogP contribution in [0.3, 0.4) is 0 Å². The van der Waals surface area contributed by atoms with Gasteiger partial charge in [-0.2, -0.15) is 5.10 Å². The van der Waals surface area contributed by atoms with Crippen molar-refractivity contribution in [2.75, 3.05) is 5.01 Å². The molecule has 0 spiro atoms. The van der Waals surface area contributed by atoms with Crippen molar-refractivity contribution in [3.8, 4) is 11.6 Å². The molecule has 3 aromatic carbocycles. The molecule has 0 saturated heterocycles. The van der Waals surface area contributed by atoms with Crippen LogP contribution in [0.2, 0.25) is 0 Å². The van der Waals surface area contributed by atoms with Crippen molar-refractivity contribution < 1.29 is 4.74 Å². The highest BCUT2D eigenvalue weighted by molar-refractivity contribution is 14.1. The molecule has 7 heteroatoms. The molecule has 1 unspecified atom stereocenters. The number of rotatable bonds is 4. The Bertz CT molecular complexity index is 1240. The molecule has 6 nitrogen and oxygen atoms in total. The van der Waals surface area contributed by atoms with Crippen LogP contribution < -0.4 is 15.5 Å². The zero-order chi connectivity index (χ0) is 21.2. The van der Waals surface area contributed by atoms with Crippen LogP contribution in [0.15, 0.2) is 96.5 Å². The second-order valence-corrected chi connectivity index (χ2v) is 8.13. The molecule has 1 aliphatic rings. The molecule has 1 atom stereocenters. The predicted molar refractivity (Wildman–Crippen MR) is 129 cm³/mol. The summed E-state index contributed by atoms with van der Waals surface area (Å²) < 4.78 is 6.72. The minimum Gasteiger partial charge on any atom is -0.438 e. The Morgan fingerprint density at radius 2 is 1.65 bits per heavy atom. The fraction of sp³-hybridized carbons (Fsp3) is 0.0417. The first-order chi connectivity index (χ1) is 15.2. The minimum atomic E-state index is -0.391. The molecule has 1 aliphatic heterocycles. The fourth-order valence-corrected chi connectivity index (χ4v) is 3.92. The monoisotopic (exact) mass is 519 g/mol. The molecular formula is C24H18IN5O. The third-order valence-corrected chi connectivity index (χ3v) is 5.74. The number of fused-ring (bicyclic) bond motifs is 1. The van der Waals surface area contributed by atoms with Gasteiger partial charge in [0.1, 0.15) is 18.2 Å². The van der Waals surface area contributed by atoms with Gasteiger partial charge in [0.25, 0.3) is 0 Å². The van der Waals surface area contributed by atoms with E-state index >= 15 is 0 Å². The molecule has 2 N–H and O–H groups in total. The van der Waals surface area contributed by atoms with Gasteiger partial charge in [-0.15, -0.1) is 0 Å². The van der Waals surface area contributed by atoms with Gasteiger partial charge in [0.15, 0.2) is 0 Å². The molecule has 31 heavy (non-hydrogen) atoms. The SMILES string of the molecule is NC1c2ccccc2C(c2ccccc2)=NN1c1ccc(Oc2ncncc2I)cc1. The van der Waals surface area contributed by atoms with E-state index < -0.39 is 6.17 Å². The van der Waals surface area contributed by atoms with E-state index in [4.69, 9.17) is 15.6 Å². The van der Waals surface area contributed by atoms with Gasteiger partial charge >= 0.3 is 0 Å². The number of aromatic nitrogens is 2. The van der Waals surface area contributed by atoms with Gasteiger partial charge in [-0.3, -0.25) is 0 Å². The van der Waals surface area contributed by atoms with Crippen LogP contribution in [-0.4, -0.2) is 15.7 Å². The summed E-state index contributed by atoms with van der Waals surface area (Å²) in [6.45, 7) is 0. The first kappa shape index (κ1) is 19.7. The van der Waals surface area contributed by atoms with Gasteiger partial charge < -0.3 is 10.5 Å². The van der Waals surface area contributed by atoms with Crippen molar-refractivity contribution in [2.45, 2.75) is 6.17 Å². The lowest BCUT2D eigenvalue weighted by molar-refractivity contribution is 0.457. The molecule has 0 radical (unpaired) electrons. The number of anilines is 1. The fourth-order valence-electron chi connectivity index (χ4n) is 3.51. The van der Waals surface area contributed by atoms with Crippen molar-refractivity contribution in [1.82, 2.24) is 9.97 Å². The van der Waals surface area contributed by atoms with Crippen LogP contribution >= 0.6 is 22.6 Å². The van der Waals surface area contributed by atoms with Crippen molar-refractivity contribution >= 4 is 34.0 Å². The van der Waals surface area contributed by atoms with E-state index in [-0.39, 0.29) is 0 Å². The lowest BCUT2D eigenvalue weighted by Crippen LogP contribution is -2.36. The summed E-state index contributed by atoms with van der Waals surface area (Å²) in [6, 6.07) is 26.0. The lowest BCUT2D eigenvalue weighted by Gasteiger charge is -2.33. The number of nitrogens with two attached hydrogens (primary N) is 1. The number of nitrogens with zero attached hydrogens (tertiary/aromatic N) is 4. The molecular weight excluding hydrogens is 501 g/mol. The third-order valence-electron chi connectivity index (χ3n) is 5.00. The maximum Gasteiger partial charge on any atom is 0.235 e. The second-order valence-electron chi connectivity index (χ2n) is 6.96. The summed E-state index contributed by atoms with van der Waals surface area (Å²) in [6.07, 6.45) is 2.79. The van der Waals surface area contributed by atoms with Gasteiger partial charge in [0, 0.05) is 22.9 Å². The molecule has 0 saturated carbocycles. The van der Waals surface area contributed by atoms with Gasteiger partial charge in [0.05, 0.1) is 15.0 Å². The lowest BCUT2D eigenvalue weighted by atomic mass is 9.94. The topological polar surface area (TPSA) is 76.6 Å². The summed E-state index contributed by atoms with van der Waals surface area (Å²) in [5, 5.41) is 6.78. The van der Waals surface area contributed by atoms with E-state index in [1.54, 1.807) is 6.20 Å². The largest absolute Gasteiger partial charge is 0.438 e. The molecule has 4 aromatic rings. The van der Waals surface area contributed by atoms with Crippen LogP contribution in [0.25, 0.3) is 0 Å².